The number of aryl methyl sites for hydroxylation is 1. The van der Waals surface area contributed by atoms with E-state index in [1.54, 1.807) is 19.1 Å². The first-order valence-corrected chi connectivity index (χ1v) is 8.29. The Balaban J connectivity index is 1.78. The monoisotopic (exact) mass is 345 g/mol. The molecule has 0 saturated heterocycles. The van der Waals surface area contributed by atoms with Gasteiger partial charge in [0.15, 0.2) is 0 Å². The molecule has 1 fully saturated rings. The number of benzene rings is 1. The molecule has 2 N–H and O–H groups in total. The fourth-order valence-corrected chi connectivity index (χ4v) is 3.59. The largest absolute Gasteiger partial charge is 0.478 e. The van der Waals surface area contributed by atoms with E-state index in [2.05, 4.69) is 5.32 Å². The zero-order valence-electron chi connectivity index (χ0n) is 14.0. The fourth-order valence-electron chi connectivity index (χ4n) is 3.59. The van der Waals surface area contributed by atoms with Gasteiger partial charge >= 0.3 is 5.97 Å². The molecule has 6 heteroatoms. The fraction of sp³-hybridized carbons (Fsp3) is 0.368. The summed E-state index contributed by atoms with van der Waals surface area (Å²) in [6, 6.07) is 7.61. The van der Waals surface area contributed by atoms with Gasteiger partial charge in [-0.15, -0.1) is 0 Å². The number of aromatic carboxylic acids is 1. The summed E-state index contributed by atoms with van der Waals surface area (Å²) in [5.74, 6) is -0.912. The van der Waals surface area contributed by atoms with Gasteiger partial charge < -0.3 is 14.8 Å². The van der Waals surface area contributed by atoms with Crippen LogP contribution in [0.15, 0.2) is 34.7 Å². The number of hydrogen-bond acceptors (Lipinski definition) is 3. The van der Waals surface area contributed by atoms with Crippen molar-refractivity contribution in [3.63, 3.8) is 0 Å². The minimum atomic E-state index is -1.06. The van der Waals surface area contributed by atoms with Gasteiger partial charge in [0.1, 0.15) is 22.9 Å². The summed E-state index contributed by atoms with van der Waals surface area (Å²) in [5.41, 5.74) is 0.0358. The Kier molecular flexibility index (Phi) is 4.61. The van der Waals surface area contributed by atoms with Gasteiger partial charge in [0.05, 0.1) is 12.0 Å². The molecule has 5 nitrogen and oxygen atoms in total. The average molecular weight is 345 g/mol. The highest BCUT2D eigenvalue weighted by Gasteiger charge is 2.42. The number of halogens is 1. The van der Waals surface area contributed by atoms with Crippen molar-refractivity contribution in [2.24, 2.45) is 0 Å². The molecule has 0 aliphatic heterocycles. The summed E-state index contributed by atoms with van der Waals surface area (Å²) < 4.78 is 19.0. The van der Waals surface area contributed by atoms with Crippen molar-refractivity contribution in [1.82, 2.24) is 5.32 Å². The Morgan fingerprint density at radius 2 is 2.00 bits per heavy atom. The van der Waals surface area contributed by atoms with Crippen molar-refractivity contribution < 1.29 is 23.5 Å². The molecule has 0 radical (unpaired) electrons. The molecule has 3 rings (SSSR count). The second-order valence-corrected chi connectivity index (χ2v) is 6.47. The molecule has 2 aromatic rings. The third-order valence-corrected chi connectivity index (χ3v) is 4.89. The number of rotatable bonds is 5. The van der Waals surface area contributed by atoms with E-state index in [1.165, 1.54) is 18.2 Å². The minimum Gasteiger partial charge on any atom is -0.478 e. The van der Waals surface area contributed by atoms with Crippen LogP contribution in [0.25, 0.3) is 0 Å². The molecular formula is C19H20FNO4. The van der Waals surface area contributed by atoms with E-state index in [-0.39, 0.29) is 23.8 Å². The second-order valence-electron chi connectivity index (χ2n) is 6.47. The first-order valence-electron chi connectivity index (χ1n) is 8.29. The number of carbonyl (C=O) groups is 2. The van der Waals surface area contributed by atoms with Crippen LogP contribution in [-0.2, 0) is 16.8 Å². The van der Waals surface area contributed by atoms with Gasteiger partial charge in [-0.25, -0.2) is 9.18 Å². The first-order chi connectivity index (χ1) is 11.9. The van der Waals surface area contributed by atoms with Crippen LogP contribution in [0.4, 0.5) is 4.39 Å². The lowest BCUT2D eigenvalue weighted by Crippen LogP contribution is -2.42. The van der Waals surface area contributed by atoms with Gasteiger partial charge in [-0.2, -0.15) is 0 Å². The number of carboxylic acid groups (broad SMARTS) is 1. The van der Waals surface area contributed by atoms with E-state index in [4.69, 9.17) is 9.52 Å². The Morgan fingerprint density at radius 1 is 1.28 bits per heavy atom. The predicted molar refractivity (Wildman–Crippen MR) is 88.8 cm³/mol. The average Bonchev–Trinajstić information content (AvgIpc) is 3.20. The van der Waals surface area contributed by atoms with Crippen LogP contribution in [0.5, 0.6) is 0 Å². The van der Waals surface area contributed by atoms with Crippen LogP contribution in [0, 0.1) is 12.7 Å². The quantitative estimate of drug-likeness (QED) is 0.868. The molecule has 1 aromatic carbocycles. The summed E-state index contributed by atoms with van der Waals surface area (Å²) >= 11 is 0. The van der Waals surface area contributed by atoms with E-state index in [9.17, 15) is 14.0 Å². The van der Waals surface area contributed by atoms with Crippen molar-refractivity contribution >= 4 is 11.9 Å². The topological polar surface area (TPSA) is 79.5 Å². The van der Waals surface area contributed by atoms with Crippen molar-refractivity contribution in [1.29, 1.82) is 0 Å². The second kappa shape index (κ2) is 6.70. The number of carboxylic acids is 1. The van der Waals surface area contributed by atoms with Crippen molar-refractivity contribution in [3.8, 4) is 0 Å². The number of amides is 1. The number of hydrogen-bond donors (Lipinski definition) is 2. The lowest BCUT2D eigenvalue weighted by Gasteiger charge is -2.28. The Hall–Kier alpha value is -2.63. The maximum Gasteiger partial charge on any atom is 0.339 e. The lowest BCUT2D eigenvalue weighted by atomic mass is 9.78. The maximum absolute atomic E-state index is 13.6. The van der Waals surface area contributed by atoms with Gasteiger partial charge in [0, 0.05) is 0 Å². The Bertz CT molecular complexity index is 806. The van der Waals surface area contributed by atoms with E-state index < -0.39 is 11.4 Å². The standard InChI is InChI=1S/C19H20FNO4/c1-12-16(17(22)23)10-15(25-12)11-21-18(24)19(7-2-3-8-19)13-5-4-6-14(20)9-13/h4-6,9-10H,2-3,7-8,11H2,1H3,(H,21,24)(H,22,23). The van der Waals surface area contributed by atoms with Crippen LogP contribution in [0.1, 0.15) is 53.1 Å². The van der Waals surface area contributed by atoms with E-state index in [0.717, 1.165) is 12.8 Å². The molecule has 1 saturated carbocycles. The van der Waals surface area contributed by atoms with E-state index >= 15 is 0 Å². The molecule has 1 aliphatic carbocycles. The molecule has 132 valence electrons. The predicted octanol–water partition coefficient (Wildman–Crippen LogP) is 3.55. The van der Waals surface area contributed by atoms with E-state index in [0.29, 0.717) is 29.9 Å². The summed E-state index contributed by atoms with van der Waals surface area (Å²) in [7, 11) is 0. The minimum absolute atomic E-state index is 0.0879. The molecule has 1 heterocycles. The smallest absolute Gasteiger partial charge is 0.339 e. The summed E-state index contributed by atoms with van der Waals surface area (Å²) in [4.78, 5) is 24.0. The molecule has 0 atom stereocenters. The van der Waals surface area contributed by atoms with Crippen LogP contribution >= 0.6 is 0 Å². The molecule has 1 aliphatic rings. The van der Waals surface area contributed by atoms with E-state index in [1.807, 2.05) is 0 Å². The normalized spacial score (nSPS) is 15.9. The van der Waals surface area contributed by atoms with Gasteiger partial charge in [-0.3, -0.25) is 4.79 Å². The SMILES string of the molecule is Cc1oc(CNC(=O)C2(c3cccc(F)c3)CCCC2)cc1C(=O)O. The van der Waals surface area contributed by atoms with Crippen molar-refractivity contribution in [2.45, 2.75) is 44.6 Å². The first kappa shape index (κ1) is 17.2. The molecular weight excluding hydrogens is 325 g/mol. The number of carbonyl (C=O) groups excluding carboxylic acids is 1. The molecule has 0 unspecified atom stereocenters. The third kappa shape index (κ3) is 3.29. The van der Waals surface area contributed by atoms with Gasteiger partial charge in [-0.05, 0) is 43.5 Å². The highest BCUT2D eigenvalue weighted by molar-refractivity contribution is 5.89. The molecule has 25 heavy (non-hydrogen) atoms. The Morgan fingerprint density at radius 3 is 2.60 bits per heavy atom. The third-order valence-electron chi connectivity index (χ3n) is 4.89. The maximum atomic E-state index is 13.6. The molecule has 1 amide bonds. The zero-order chi connectivity index (χ0) is 18.0. The lowest BCUT2D eigenvalue weighted by molar-refractivity contribution is -0.126. The molecule has 0 spiro atoms. The van der Waals surface area contributed by atoms with Crippen LogP contribution in [-0.4, -0.2) is 17.0 Å². The van der Waals surface area contributed by atoms with Crippen molar-refractivity contribution in [3.05, 3.63) is 58.8 Å². The Labute approximate surface area is 144 Å². The highest BCUT2D eigenvalue weighted by atomic mass is 19.1. The van der Waals surface area contributed by atoms with Crippen LogP contribution in [0.2, 0.25) is 0 Å². The molecule has 1 aromatic heterocycles. The van der Waals surface area contributed by atoms with Gasteiger partial charge in [0.2, 0.25) is 5.91 Å². The summed E-state index contributed by atoms with van der Waals surface area (Å²) in [5, 5.41) is 11.9. The highest BCUT2D eigenvalue weighted by Crippen LogP contribution is 2.41. The van der Waals surface area contributed by atoms with Crippen LogP contribution < -0.4 is 5.32 Å². The van der Waals surface area contributed by atoms with Crippen LogP contribution in [0.3, 0.4) is 0 Å². The molecule has 0 bridgehead atoms. The number of nitrogens with one attached hydrogen (secondary N) is 1. The zero-order valence-corrected chi connectivity index (χ0v) is 14.0. The van der Waals surface area contributed by atoms with Crippen molar-refractivity contribution in [2.75, 3.05) is 0 Å². The van der Waals surface area contributed by atoms with Gasteiger partial charge in [0.25, 0.3) is 0 Å². The number of furan rings is 1. The van der Waals surface area contributed by atoms with Gasteiger partial charge in [-0.1, -0.05) is 25.0 Å². The summed E-state index contributed by atoms with van der Waals surface area (Å²) in [6.45, 7) is 1.67. The summed E-state index contributed by atoms with van der Waals surface area (Å²) in [6.07, 6.45) is 3.15.